The molecule has 0 saturated carbocycles. The highest BCUT2D eigenvalue weighted by Gasteiger charge is 2.45. The number of hydrogen-bond acceptors (Lipinski definition) is 21. The first-order valence-electron chi connectivity index (χ1n) is 41.0. The standard InChI is InChI=1S/C88H122N10O18S/c1-7-96-78-32-26-68(2)64-76(78)87(3,4)81(96)22-14-9-15-23-82-88(5,6)77-67-72(117(102,103)104)29-33-79(77)97(82)38-18-10-16-24-83(99)91-35-36-92-85(101)34-40-105-42-44-107-46-48-109-50-52-111-54-56-113-58-60-115-62-63-116-61-59-114-57-55-112-53-51-110-49-47-108-45-43-106-41-37-93-84(100)25-17-11-19-39-98-80-66-71(94-95-90)28-31-74(80)73-30-27-70(89)65-75(73)86(98)69-20-12-8-13-21-69/h8-9,12-15,20-23,26-33,64-67H,7,10-11,16-19,24-25,34-63,89H2,1-6H3,(H2-2,91,92,93,99,100,101,102,103,104)/p+1. The van der Waals surface area contributed by atoms with Gasteiger partial charge in [-0.25, -0.2) is 8.42 Å². The molecule has 8 rings (SSSR count). The molecule has 0 spiro atoms. The summed E-state index contributed by atoms with van der Waals surface area (Å²) in [6, 6.07) is 33.2. The third kappa shape index (κ3) is 31.3. The number of nitrogen functional groups attached to an aromatic ring is 1. The molecule has 0 unspecified atom stereocenters. The molecule has 0 radical (unpaired) electrons. The number of anilines is 2. The van der Waals surface area contributed by atoms with Crippen molar-refractivity contribution in [2.24, 2.45) is 5.11 Å². The number of aryl methyl sites for hydroxylation is 2. The Morgan fingerprint density at radius 1 is 0.521 bits per heavy atom. The number of ether oxygens (including phenoxy) is 12. The molecule has 638 valence electrons. The Morgan fingerprint density at radius 3 is 1.56 bits per heavy atom. The van der Waals surface area contributed by atoms with Crippen molar-refractivity contribution in [2.45, 2.75) is 122 Å². The molecule has 0 bridgehead atoms. The summed E-state index contributed by atoms with van der Waals surface area (Å²) in [4.78, 5) is 42.8. The number of carbonyl (C=O) groups excluding carboxylic acids is 3. The molecule has 28 nitrogen and oxygen atoms in total. The van der Waals surface area contributed by atoms with E-state index in [-0.39, 0.29) is 41.1 Å². The van der Waals surface area contributed by atoms with Crippen LogP contribution in [0.2, 0.25) is 0 Å². The summed E-state index contributed by atoms with van der Waals surface area (Å²) in [5.74, 6) is -0.277. The first-order chi connectivity index (χ1) is 56.8. The molecule has 6 aromatic rings. The molecule has 117 heavy (non-hydrogen) atoms. The maximum Gasteiger partial charge on any atom is 0.222 e. The average molecular weight is 1640 g/mol. The number of nitrogens with zero attached hydrogens (tertiary/aromatic N) is 6. The van der Waals surface area contributed by atoms with Crippen molar-refractivity contribution in [3.05, 3.63) is 166 Å². The fourth-order valence-corrected chi connectivity index (χ4v) is 14.6. The number of allylic oxidation sites excluding steroid dienone is 6. The van der Waals surface area contributed by atoms with Crippen LogP contribution in [0.5, 0.6) is 0 Å². The average Bonchev–Trinajstić information content (AvgIpc) is 1.68. The van der Waals surface area contributed by atoms with Crippen LogP contribution in [0, 0.1) is 6.92 Å². The van der Waals surface area contributed by atoms with Gasteiger partial charge in [-0.15, -0.1) is 0 Å². The molecular formula is C88H123N10O18S+. The lowest BCUT2D eigenvalue weighted by Crippen LogP contribution is -2.37. The topological polar surface area (TPSA) is 340 Å². The van der Waals surface area contributed by atoms with Crippen LogP contribution in [-0.2, 0) is 98.7 Å². The number of amides is 3. The Hall–Kier alpha value is -8.59. The second kappa shape index (κ2) is 51.7. The Bertz CT molecular complexity index is 4380. The van der Waals surface area contributed by atoms with Crippen LogP contribution in [0.4, 0.5) is 22.7 Å². The highest BCUT2D eigenvalue weighted by Crippen LogP contribution is 2.48. The van der Waals surface area contributed by atoms with E-state index in [1.54, 1.807) is 6.07 Å². The fourth-order valence-electron chi connectivity index (χ4n) is 14.1. The lowest BCUT2D eigenvalue weighted by molar-refractivity contribution is -0.659. The minimum absolute atomic E-state index is 0.00934. The number of benzene rings is 5. The summed E-state index contributed by atoms with van der Waals surface area (Å²) in [5, 5.41) is 15.7. The summed E-state index contributed by atoms with van der Waals surface area (Å²) < 4.78 is 108. The zero-order valence-electron chi connectivity index (χ0n) is 69.3. The highest BCUT2D eigenvalue weighted by molar-refractivity contribution is 7.85. The largest absolute Gasteiger partial charge is 0.744 e. The lowest BCUT2D eigenvalue weighted by atomic mass is 9.81. The maximum absolute atomic E-state index is 12.7. The molecule has 2 aliphatic rings. The van der Waals surface area contributed by atoms with Gasteiger partial charge in [-0.2, -0.15) is 9.14 Å². The monoisotopic (exact) mass is 1640 g/mol. The van der Waals surface area contributed by atoms with E-state index in [0.717, 1.165) is 88.5 Å². The number of nitrogens with two attached hydrogens (primary N) is 1. The van der Waals surface area contributed by atoms with Gasteiger partial charge in [-0.05, 0) is 119 Å². The number of carbonyl (C=O) groups is 3. The second-order valence-electron chi connectivity index (χ2n) is 29.3. The summed E-state index contributed by atoms with van der Waals surface area (Å²) in [6.45, 7) is 26.2. The Morgan fingerprint density at radius 2 is 1.03 bits per heavy atom. The van der Waals surface area contributed by atoms with Crippen LogP contribution < -0.4 is 31.2 Å². The first-order valence-corrected chi connectivity index (χ1v) is 42.5. The Kier molecular flexibility index (Phi) is 41.5. The summed E-state index contributed by atoms with van der Waals surface area (Å²) >= 11 is 0. The molecular weight excluding hydrogens is 1520 g/mol. The van der Waals surface area contributed by atoms with Gasteiger partial charge in [-0.1, -0.05) is 85.2 Å². The number of fused-ring (bicyclic) bond motifs is 5. The van der Waals surface area contributed by atoms with Crippen LogP contribution in [0.1, 0.15) is 109 Å². The number of hydrogen-bond donors (Lipinski definition) is 4. The molecule has 5 aromatic carbocycles. The number of aromatic nitrogens is 1. The summed E-state index contributed by atoms with van der Waals surface area (Å²) in [7, 11) is -4.66. The maximum atomic E-state index is 12.7. The summed E-state index contributed by atoms with van der Waals surface area (Å²) in [5.41, 5.74) is 26.6. The van der Waals surface area contributed by atoms with E-state index in [1.165, 1.54) is 34.6 Å². The van der Waals surface area contributed by atoms with E-state index in [2.05, 4.69) is 116 Å². The van der Waals surface area contributed by atoms with Crippen molar-refractivity contribution in [1.82, 2.24) is 16.0 Å². The van der Waals surface area contributed by atoms with E-state index in [1.807, 2.05) is 80.6 Å². The van der Waals surface area contributed by atoms with Gasteiger partial charge in [0, 0.05) is 126 Å². The predicted octanol–water partition coefficient (Wildman–Crippen LogP) is 11.6. The number of nitrogens with one attached hydrogen (secondary N) is 3. The zero-order chi connectivity index (χ0) is 83.4. The van der Waals surface area contributed by atoms with Crippen molar-refractivity contribution < 1.29 is 93.3 Å². The van der Waals surface area contributed by atoms with Crippen molar-refractivity contribution in [2.75, 3.05) is 202 Å². The molecule has 3 heterocycles. The number of likely N-dealkylation sites (N-methyl/N-ethyl adjacent to an activating group) is 1. The molecule has 3 amide bonds. The van der Waals surface area contributed by atoms with E-state index in [4.69, 9.17) is 62.6 Å². The van der Waals surface area contributed by atoms with E-state index >= 15 is 0 Å². The summed E-state index contributed by atoms with van der Waals surface area (Å²) in [6.07, 6.45) is 15.9. The van der Waals surface area contributed by atoms with Crippen LogP contribution in [0.15, 0.2) is 149 Å². The van der Waals surface area contributed by atoms with Crippen molar-refractivity contribution in [1.29, 1.82) is 0 Å². The molecule has 29 heteroatoms. The van der Waals surface area contributed by atoms with E-state index in [0.29, 0.717) is 215 Å². The Balaban J connectivity index is 0.512. The molecule has 2 aliphatic heterocycles. The van der Waals surface area contributed by atoms with E-state index in [9.17, 15) is 32.9 Å². The zero-order valence-corrected chi connectivity index (χ0v) is 70.1. The third-order valence-electron chi connectivity index (χ3n) is 20.1. The van der Waals surface area contributed by atoms with Crippen LogP contribution in [0.25, 0.3) is 43.4 Å². The van der Waals surface area contributed by atoms with Gasteiger partial charge in [0.1, 0.15) is 23.2 Å². The van der Waals surface area contributed by atoms with Gasteiger partial charge in [-0.3, -0.25) is 14.4 Å². The quantitative estimate of drug-likeness (QED) is 0.00317. The molecule has 0 fully saturated rings. The molecule has 0 saturated heterocycles. The molecule has 5 N–H and O–H groups in total. The van der Waals surface area contributed by atoms with Crippen LogP contribution in [0.3, 0.4) is 0 Å². The van der Waals surface area contributed by atoms with E-state index < -0.39 is 15.5 Å². The minimum atomic E-state index is -4.66. The Labute approximate surface area is 690 Å². The molecule has 1 aromatic heterocycles. The number of rotatable bonds is 61. The van der Waals surface area contributed by atoms with Crippen LogP contribution in [-0.4, -0.2) is 232 Å². The number of pyridine rings is 1. The lowest BCUT2D eigenvalue weighted by Gasteiger charge is -2.25. The third-order valence-corrected chi connectivity index (χ3v) is 20.9. The van der Waals surface area contributed by atoms with Crippen LogP contribution >= 0.6 is 0 Å². The first kappa shape index (κ1) is 93.9. The fraction of sp³-hybridized carbons (Fsp3) is 0.534. The van der Waals surface area contributed by atoms with Gasteiger partial charge < -0.3 is 88.0 Å². The SMILES string of the molecule is CCN1C(=CC=CC=CC2=[N+](CCCCCC(=O)NCCNC(=O)CCOCCOCCOCCOCCOCCOCCOCCOCCOCCOCCOCCOCCNC(=O)CCCCC[n+]3c(-c4ccccc4)c4cc(N)ccc4c4ccc(N=[N+]=[N-])cc43)c3ccc(S(=O)(=O)[O-])cc3C2(C)C)C(C)(C)c2cc(C)ccc21. The number of unbranched alkanes of at least 4 members (excludes halogenated alkanes) is 4. The van der Waals surface area contributed by atoms with Crippen molar-refractivity contribution in [3.63, 3.8) is 0 Å². The van der Waals surface area contributed by atoms with Crippen molar-refractivity contribution >= 4 is 78.0 Å². The van der Waals surface area contributed by atoms with Gasteiger partial charge in [0.05, 0.1) is 180 Å². The number of azide groups is 1. The normalized spacial score (nSPS) is 14.0. The van der Waals surface area contributed by atoms with Gasteiger partial charge in [0.15, 0.2) is 5.71 Å². The molecule has 0 aliphatic carbocycles. The van der Waals surface area contributed by atoms with Gasteiger partial charge in [0.25, 0.3) is 0 Å². The molecule has 0 atom stereocenters. The predicted molar refractivity (Wildman–Crippen MR) is 452 cm³/mol. The smallest absolute Gasteiger partial charge is 0.222 e. The van der Waals surface area contributed by atoms with Crippen molar-refractivity contribution in [3.8, 4) is 11.3 Å². The highest BCUT2D eigenvalue weighted by atomic mass is 32.2. The minimum Gasteiger partial charge on any atom is -0.744 e. The van der Waals surface area contributed by atoms with Gasteiger partial charge in [0.2, 0.25) is 34.6 Å². The van der Waals surface area contributed by atoms with Gasteiger partial charge >= 0.3 is 0 Å². The second-order valence-corrected chi connectivity index (χ2v) is 30.7.